The first kappa shape index (κ1) is 20.7. The molecule has 1 unspecified atom stereocenters. The molecular weight excluding hydrogens is 408 g/mol. The van der Waals surface area contributed by atoms with Crippen molar-refractivity contribution in [3.8, 4) is 0 Å². The lowest BCUT2D eigenvalue weighted by molar-refractivity contribution is -0.131. The molecule has 0 bridgehead atoms. The van der Waals surface area contributed by atoms with Crippen LogP contribution in [0.3, 0.4) is 0 Å². The molecule has 1 spiro atoms. The molecular formula is C21H25ClN4O4. The van der Waals surface area contributed by atoms with Crippen LogP contribution in [0.5, 0.6) is 0 Å². The lowest BCUT2D eigenvalue weighted by atomic mass is 9.98. The molecule has 2 saturated heterocycles. The number of nitrogens with zero attached hydrogens (tertiary/aromatic N) is 2. The zero-order valence-electron chi connectivity index (χ0n) is 16.7. The van der Waals surface area contributed by atoms with Gasteiger partial charge < -0.3 is 15.5 Å². The molecule has 3 aliphatic rings. The van der Waals surface area contributed by atoms with Crippen LogP contribution in [-0.4, -0.2) is 53.8 Å². The van der Waals surface area contributed by atoms with Gasteiger partial charge in [-0.15, -0.1) is 0 Å². The van der Waals surface area contributed by atoms with Gasteiger partial charge in [0.15, 0.2) is 0 Å². The molecule has 0 aromatic heterocycles. The minimum atomic E-state index is -0.700. The summed E-state index contributed by atoms with van der Waals surface area (Å²) in [4.78, 5) is 52.4. The number of halogens is 1. The van der Waals surface area contributed by atoms with E-state index in [2.05, 4.69) is 10.6 Å². The number of rotatable bonds is 6. The first-order chi connectivity index (χ1) is 14.4. The first-order valence-electron chi connectivity index (χ1n) is 10.4. The topological polar surface area (TPSA) is 98.8 Å². The Bertz CT molecular complexity index is 884. The molecule has 4 rings (SSSR count). The normalized spacial score (nSPS) is 22.8. The number of benzene rings is 1. The minimum Gasteiger partial charge on any atom is -0.356 e. The van der Waals surface area contributed by atoms with Gasteiger partial charge in [-0.1, -0.05) is 30.5 Å². The Kier molecular flexibility index (Phi) is 5.69. The highest BCUT2D eigenvalue weighted by Gasteiger charge is 2.52. The van der Waals surface area contributed by atoms with Gasteiger partial charge in [-0.3, -0.25) is 19.3 Å². The van der Waals surface area contributed by atoms with E-state index in [4.69, 9.17) is 11.6 Å². The van der Waals surface area contributed by atoms with Crippen molar-refractivity contribution >= 4 is 41.0 Å². The van der Waals surface area contributed by atoms with Gasteiger partial charge in [-0.2, -0.15) is 0 Å². The fourth-order valence-corrected chi connectivity index (χ4v) is 4.75. The Morgan fingerprint density at radius 2 is 2.00 bits per heavy atom. The lowest BCUT2D eigenvalue weighted by Gasteiger charge is -2.20. The predicted molar refractivity (Wildman–Crippen MR) is 111 cm³/mol. The second kappa shape index (κ2) is 8.26. The van der Waals surface area contributed by atoms with Gasteiger partial charge >= 0.3 is 6.03 Å². The number of amides is 5. The van der Waals surface area contributed by atoms with Crippen LogP contribution in [0.2, 0.25) is 5.02 Å². The first-order valence-corrected chi connectivity index (χ1v) is 10.8. The number of nitrogens with one attached hydrogen (secondary N) is 2. The summed E-state index contributed by atoms with van der Waals surface area (Å²) in [6, 6.07) is 6.65. The summed E-state index contributed by atoms with van der Waals surface area (Å²) in [7, 11) is 0. The van der Waals surface area contributed by atoms with E-state index in [1.165, 1.54) is 4.90 Å². The van der Waals surface area contributed by atoms with E-state index < -0.39 is 11.5 Å². The van der Waals surface area contributed by atoms with Gasteiger partial charge in [0.2, 0.25) is 11.8 Å². The number of carbonyl (C=O) groups excluding carboxylic acids is 4. The molecule has 1 atom stereocenters. The maximum atomic E-state index is 12.6. The predicted octanol–water partition coefficient (Wildman–Crippen LogP) is 2.06. The highest BCUT2D eigenvalue weighted by molar-refractivity contribution is 6.31. The molecule has 3 fully saturated rings. The molecule has 2 heterocycles. The molecule has 5 amide bonds. The highest BCUT2D eigenvalue weighted by atomic mass is 35.5. The quantitative estimate of drug-likeness (QED) is 0.531. The van der Waals surface area contributed by atoms with Crippen molar-refractivity contribution in [3.05, 3.63) is 29.3 Å². The molecule has 1 aromatic carbocycles. The van der Waals surface area contributed by atoms with Crippen molar-refractivity contribution in [3.63, 3.8) is 0 Å². The van der Waals surface area contributed by atoms with Gasteiger partial charge in [0.05, 0.1) is 5.92 Å². The fourth-order valence-electron chi connectivity index (χ4n) is 4.57. The number of imide groups is 1. The number of urea groups is 1. The molecule has 1 aromatic rings. The Balaban J connectivity index is 1.24. The average Bonchev–Trinajstić information content (AvgIpc) is 3.39. The van der Waals surface area contributed by atoms with Crippen molar-refractivity contribution in [2.75, 3.05) is 24.5 Å². The number of carbonyl (C=O) groups is 4. The smallest absolute Gasteiger partial charge is 0.325 e. The van der Waals surface area contributed by atoms with Crippen molar-refractivity contribution in [2.24, 2.45) is 5.92 Å². The van der Waals surface area contributed by atoms with Crippen molar-refractivity contribution in [1.82, 2.24) is 15.5 Å². The molecule has 1 saturated carbocycles. The third kappa shape index (κ3) is 3.88. The van der Waals surface area contributed by atoms with Crippen LogP contribution in [-0.2, 0) is 14.4 Å². The molecule has 9 heteroatoms. The van der Waals surface area contributed by atoms with Gasteiger partial charge in [-0.05, 0) is 37.5 Å². The van der Waals surface area contributed by atoms with E-state index >= 15 is 0 Å². The highest BCUT2D eigenvalue weighted by Crippen LogP contribution is 2.35. The molecule has 2 aliphatic heterocycles. The third-order valence-electron chi connectivity index (χ3n) is 6.18. The number of hydrogen-bond acceptors (Lipinski definition) is 4. The zero-order valence-corrected chi connectivity index (χ0v) is 17.4. The van der Waals surface area contributed by atoms with E-state index in [-0.39, 0.29) is 36.7 Å². The Hall–Kier alpha value is -2.61. The third-order valence-corrected chi connectivity index (χ3v) is 6.41. The summed E-state index contributed by atoms with van der Waals surface area (Å²) in [6.07, 6.45) is 3.91. The van der Waals surface area contributed by atoms with Crippen LogP contribution < -0.4 is 15.5 Å². The van der Waals surface area contributed by atoms with Crippen molar-refractivity contribution in [1.29, 1.82) is 0 Å². The van der Waals surface area contributed by atoms with E-state index in [1.807, 2.05) is 0 Å². The minimum absolute atomic E-state index is 0.112. The summed E-state index contributed by atoms with van der Waals surface area (Å²) < 4.78 is 0. The summed E-state index contributed by atoms with van der Waals surface area (Å²) in [5.41, 5.74) is -0.0175. The van der Waals surface area contributed by atoms with Crippen LogP contribution in [0.25, 0.3) is 0 Å². The Morgan fingerprint density at radius 3 is 2.73 bits per heavy atom. The van der Waals surface area contributed by atoms with Gasteiger partial charge in [-0.25, -0.2) is 4.79 Å². The van der Waals surface area contributed by atoms with Crippen LogP contribution in [0.4, 0.5) is 10.5 Å². The molecule has 8 nitrogen and oxygen atoms in total. The van der Waals surface area contributed by atoms with E-state index in [0.717, 1.165) is 12.8 Å². The summed E-state index contributed by atoms with van der Waals surface area (Å²) in [6.45, 7) is 0.913. The lowest BCUT2D eigenvalue weighted by Crippen LogP contribution is -2.44. The maximum absolute atomic E-state index is 12.6. The van der Waals surface area contributed by atoms with Crippen LogP contribution in [0, 0.1) is 5.92 Å². The van der Waals surface area contributed by atoms with Crippen LogP contribution in [0.1, 0.15) is 38.5 Å². The number of hydrogen-bond donors (Lipinski definition) is 2. The van der Waals surface area contributed by atoms with E-state index in [9.17, 15) is 19.2 Å². The Morgan fingerprint density at radius 1 is 1.23 bits per heavy atom. The van der Waals surface area contributed by atoms with E-state index in [0.29, 0.717) is 43.1 Å². The van der Waals surface area contributed by atoms with Gasteiger partial charge in [0.1, 0.15) is 5.54 Å². The van der Waals surface area contributed by atoms with Gasteiger partial charge in [0, 0.05) is 36.8 Å². The molecule has 2 N–H and O–H groups in total. The zero-order chi connectivity index (χ0) is 21.3. The van der Waals surface area contributed by atoms with Crippen LogP contribution in [0.15, 0.2) is 24.3 Å². The van der Waals surface area contributed by atoms with Crippen LogP contribution >= 0.6 is 11.6 Å². The second-order valence-corrected chi connectivity index (χ2v) is 8.64. The monoisotopic (exact) mass is 432 g/mol. The van der Waals surface area contributed by atoms with E-state index in [1.54, 1.807) is 29.2 Å². The molecule has 1 aliphatic carbocycles. The SMILES string of the molecule is O=C(NCCCN1C(=O)NC2(CCCC2)C1=O)C1CC(=O)N(c2cccc(Cl)c2)C1. The molecule has 0 radical (unpaired) electrons. The summed E-state index contributed by atoms with van der Waals surface area (Å²) >= 11 is 5.99. The molecule has 160 valence electrons. The Labute approximate surface area is 179 Å². The number of anilines is 1. The molecule has 30 heavy (non-hydrogen) atoms. The van der Waals surface area contributed by atoms with Gasteiger partial charge in [0.25, 0.3) is 5.91 Å². The second-order valence-electron chi connectivity index (χ2n) is 8.21. The van der Waals surface area contributed by atoms with Crippen molar-refractivity contribution < 1.29 is 19.2 Å². The fraction of sp³-hybridized carbons (Fsp3) is 0.524. The largest absolute Gasteiger partial charge is 0.356 e. The average molecular weight is 433 g/mol. The standard InChI is InChI=1S/C21H25ClN4O4/c22-15-5-3-6-16(12-15)26-13-14(11-17(26)27)18(28)23-9-4-10-25-19(29)21(24-20(25)30)7-1-2-8-21/h3,5-6,12,14H,1-2,4,7-11,13H2,(H,23,28)(H,24,30). The maximum Gasteiger partial charge on any atom is 0.325 e. The summed E-state index contributed by atoms with van der Waals surface area (Å²) in [5.74, 6) is -0.888. The van der Waals surface area contributed by atoms with Crippen molar-refractivity contribution in [2.45, 2.75) is 44.1 Å². The summed E-state index contributed by atoms with van der Waals surface area (Å²) in [5, 5.41) is 6.22.